The van der Waals surface area contributed by atoms with Crippen molar-refractivity contribution >= 4 is 23.1 Å². The van der Waals surface area contributed by atoms with E-state index in [1.54, 1.807) is 0 Å². The molecule has 0 aliphatic rings. The summed E-state index contributed by atoms with van der Waals surface area (Å²) in [5.74, 6) is 1.04. The Morgan fingerprint density at radius 2 is 2.00 bits per heavy atom. The van der Waals surface area contributed by atoms with Crippen molar-refractivity contribution < 1.29 is 0 Å². The van der Waals surface area contributed by atoms with Crippen LogP contribution in [0.25, 0.3) is 0 Å². The first kappa shape index (κ1) is 16.0. The standard InChI is InChI=1S/C14H26N2S2/c1-6-8-15-9-12-11(7-2)16-13(18-12)10-17-14(3,4)5/h15H,6-10H2,1-5H3. The molecule has 0 radical (unpaired) electrons. The Morgan fingerprint density at radius 1 is 1.28 bits per heavy atom. The Morgan fingerprint density at radius 3 is 2.56 bits per heavy atom. The maximum absolute atomic E-state index is 4.77. The van der Waals surface area contributed by atoms with Crippen LogP contribution in [-0.4, -0.2) is 16.3 Å². The van der Waals surface area contributed by atoms with Crippen LogP contribution >= 0.6 is 23.1 Å². The number of nitrogens with one attached hydrogen (secondary N) is 1. The number of hydrogen-bond acceptors (Lipinski definition) is 4. The van der Waals surface area contributed by atoms with Gasteiger partial charge >= 0.3 is 0 Å². The molecule has 0 aliphatic carbocycles. The van der Waals surface area contributed by atoms with Gasteiger partial charge in [0.25, 0.3) is 0 Å². The first-order chi connectivity index (χ1) is 8.46. The zero-order chi connectivity index (χ0) is 13.6. The molecule has 1 aromatic rings. The summed E-state index contributed by atoms with van der Waals surface area (Å²) in [5.41, 5.74) is 1.29. The summed E-state index contributed by atoms with van der Waals surface area (Å²) in [6, 6.07) is 0. The van der Waals surface area contributed by atoms with Crippen LogP contribution < -0.4 is 5.32 Å². The van der Waals surface area contributed by atoms with Crippen LogP contribution in [0, 0.1) is 0 Å². The van der Waals surface area contributed by atoms with Crippen molar-refractivity contribution in [3.05, 3.63) is 15.6 Å². The first-order valence-corrected chi connectivity index (χ1v) is 8.58. The predicted molar refractivity (Wildman–Crippen MR) is 84.5 cm³/mol. The van der Waals surface area contributed by atoms with Crippen molar-refractivity contribution in [1.29, 1.82) is 0 Å². The predicted octanol–water partition coefficient (Wildman–Crippen LogP) is 4.24. The Kier molecular flexibility index (Phi) is 6.67. The molecule has 0 saturated heterocycles. The quantitative estimate of drug-likeness (QED) is 0.759. The SMILES string of the molecule is CCCNCc1sc(CSC(C)(C)C)nc1CC. The van der Waals surface area contributed by atoms with E-state index in [0.717, 1.165) is 25.3 Å². The highest BCUT2D eigenvalue weighted by atomic mass is 32.2. The lowest BCUT2D eigenvalue weighted by atomic mass is 10.3. The Hall–Kier alpha value is -0.0600. The number of thiazole rings is 1. The summed E-state index contributed by atoms with van der Waals surface area (Å²) in [5, 5.41) is 4.75. The van der Waals surface area contributed by atoms with Crippen molar-refractivity contribution in [2.45, 2.75) is 64.5 Å². The van der Waals surface area contributed by atoms with Gasteiger partial charge in [-0.15, -0.1) is 23.1 Å². The second kappa shape index (κ2) is 7.51. The van der Waals surface area contributed by atoms with E-state index in [1.165, 1.54) is 22.0 Å². The van der Waals surface area contributed by atoms with Gasteiger partial charge in [0, 0.05) is 21.9 Å². The molecule has 18 heavy (non-hydrogen) atoms. The molecule has 1 rings (SSSR count). The molecule has 0 unspecified atom stereocenters. The number of thioether (sulfide) groups is 1. The van der Waals surface area contributed by atoms with E-state index in [1.807, 2.05) is 23.1 Å². The second-order valence-corrected chi connectivity index (χ2v) is 8.38. The lowest BCUT2D eigenvalue weighted by Crippen LogP contribution is -2.13. The monoisotopic (exact) mass is 286 g/mol. The number of rotatable bonds is 7. The van der Waals surface area contributed by atoms with Crippen LogP contribution in [0.2, 0.25) is 0 Å². The van der Waals surface area contributed by atoms with Crippen molar-refractivity contribution in [3.8, 4) is 0 Å². The van der Waals surface area contributed by atoms with Gasteiger partial charge in [0.15, 0.2) is 0 Å². The molecule has 104 valence electrons. The van der Waals surface area contributed by atoms with Gasteiger partial charge in [0.2, 0.25) is 0 Å². The van der Waals surface area contributed by atoms with E-state index in [0.29, 0.717) is 4.75 Å². The summed E-state index contributed by atoms with van der Waals surface area (Å²) in [6.07, 6.45) is 2.23. The van der Waals surface area contributed by atoms with Gasteiger partial charge in [-0.25, -0.2) is 4.98 Å². The third-order valence-electron chi connectivity index (χ3n) is 2.50. The molecule has 0 spiro atoms. The lowest BCUT2D eigenvalue weighted by molar-refractivity contribution is 0.676. The average molecular weight is 287 g/mol. The summed E-state index contributed by atoms with van der Waals surface area (Å²) < 4.78 is 0.318. The summed E-state index contributed by atoms with van der Waals surface area (Å²) in [7, 11) is 0. The normalized spacial score (nSPS) is 12.1. The molecule has 0 saturated carbocycles. The molecule has 2 nitrogen and oxygen atoms in total. The van der Waals surface area contributed by atoms with Crippen molar-refractivity contribution in [1.82, 2.24) is 10.3 Å². The molecule has 0 amide bonds. The van der Waals surface area contributed by atoms with Crippen LogP contribution in [0.15, 0.2) is 0 Å². The van der Waals surface area contributed by atoms with Crippen LogP contribution in [0.5, 0.6) is 0 Å². The molecule has 1 N–H and O–H groups in total. The minimum atomic E-state index is 0.318. The Balaban J connectivity index is 2.59. The zero-order valence-electron chi connectivity index (χ0n) is 12.3. The van der Waals surface area contributed by atoms with Crippen LogP contribution in [0.1, 0.15) is 56.6 Å². The number of aromatic nitrogens is 1. The fourth-order valence-corrected chi connectivity index (χ4v) is 3.53. The maximum Gasteiger partial charge on any atom is 0.103 e. The van der Waals surface area contributed by atoms with Gasteiger partial charge in [0.1, 0.15) is 5.01 Å². The number of nitrogens with zero attached hydrogens (tertiary/aromatic N) is 1. The van der Waals surface area contributed by atoms with Gasteiger partial charge in [0.05, 0.1) is 5.69 Å². The van der Waals surface area contributed by atoms with Gasteiger partial charge in [-0.05, 0) is 19.4 Å². The van der Waals surface area contributed by atoms with Gasteiger partial charge in [-0.1, -0.05) is 34.6 Å². The van der Waals surface area contributed by atoms with E-state index in [9.17, 15) is 0 Å². The smallest absolute Gasteiger partial charge is 0.103 e. The Labute approximate surface area is 120 Å². The first-order valence-electron chi connectivity index (χ1n) is 6.78. The van der Waals surface area contributed by atoms with Crippen LogP contribution in [0.4, 0.5) is 0 Å². The summed E-state index contributed by atoms with van der Waals surface area (Å²) in [6.45, 7) is 13.2. The van der Waals surface area contributed by atoms with Gasteiger partial charge < -0.3 is 5.32 Å². The molecule has 1 aromatic heterocycles. The largest absolute Gasteiger partial charge is 0.312 e. The van der Waals surface area contributed by atoms with Gasteiger partial charge in [-0.2, -0.15) is 0 Å². The lowest BCUT2D eigenvalue weighted by Gasteiger charge is -2.16. The van der Waals surface area contributed by atoms with E-state index in [4.69, 9.17) is 4.98 Å². The number of aryl methyl sites for hydroxylation is 1. The second-order valence-electron chi connectivity index (χ2n) is 5.41. The zero-order valence-corrected chi connectivity index (χ0v) is 13.9. The van der Waals surface area contributed by atoms with Crippen LogP contribution in [0.3, 0.4) is 0 Å². The van der Waals surface area contributed by atoms with Crippen molar-refractivity contribution in [2.24, 2.45) is 0 Å². The molecule has 0 bridgehead atoms. The third kappa shape index (κ3) is 5.72. The molecule has 0 aromatic carbocycles. The maximum atomic E-state index is 4.77. The van der Waals surface area contributed by atoms with E-state index >= 15 is 0 Å². The highest BCUT2D eigenvalue weighted by Crippen LogP contribution is 2.30. The third-order valence-corrected chi connectivity index (χ3v) is 5.06. The van der Waals surface area contributed by atoms with Crippen molar-refractivity contribution in [2.75, 3.05) is 6.54 Å². The van der Waals surface area contributed by atoms with E-state index < -0.39 is 0 Å². The van der Waals surface area contributed by atoms with E-state index in [-0.39, 0.29) is 0 Å². The minimum absolute atomic E-state index is 0.318. The van der Waals surface area contributed by atoms with E-state index in [2.05, 4.69) is 39.9 Å². The Bertz CT molecular complexity index is 353. The molecule has 0 aliphatic heterocycles. The molecule has 1 heterocycles. The van der Waals surface area contributed by atoms with Gasteiger partial charge in [-0.3, -0.25) is 0 Å². The molecular formula is C14H26N2S2. The topological polar surface area (TPSA) is 24.9 Å². The highest BCUT2D eigenvalue weighted by Gasteiger charge is 2.14. The fourth-order valence-electron chi connectivity index (χ4n) is 1.57. The average Bonchev–Trinajstić information content (AvgIpc) is 2.69. The molecule has 4 heteroatoms. The highest BCUT2D eigenvalue weighted by molar-refractivity contribution is 7.99. The summed E-state index contributed by atoms with van der Waals surface area (Å²) >= 11 is 3.86. The van der Waals surface area contributed by atoms with Crippen molar-refractivity contribution in [3.63, 3.8) is 0 Å². The minimum Gasteiger partial charge on any atom is -0.312 e. The number of hydrogen-bond donors (Lipinski definition) is 1. The summed E-state index contributed by atoms with van der Waals surface area (Å²) in [4.78, 5) is 6.19. The molecule has 0 fully saturated rings. The fraction of sp³-hybridized carbons (Fsp3) is 0.786. The molecule has 0 atom stereocenters. The molecular weight excluding hydrogens is 260 g/mol. The van der Waals surface area contributed by atoms with Crippen LogP contribution in [-0.2, 0) is 18.7 Å².